The zero-order valence-electron chi connectivity index (χ0n) is 9.11. The molecule has 0 fully saturated rings. The molecule has 1 rings (SSSR count). The zero-order chi connectivity index (χ0) is 11.4. The fraction of sp³-hybridized carbons (Fsp3) is 0.364. The molecule has 0 saturated carbocycles. The van der Waals surface area contributed by atoms with Gasteiger partial charge in [-0.05, 0) is 24.6 Å². The van der Waals surface area contributed by atoms with Gasteiger partial charge in [0.25, 0.3) is 0 Å². The van der Waals surface area contributed by atoms with Crippen LogP contribution in [0.25, 0.3) is 0 Å². The molecule has 0 saturated heterocycles. The lowest BCUT2D eigenvalue weighted by Crippen LogP contribution is -2.18. The first-order chi connectivity index (χ1) is 7.08. The number of hydrogen-bond donors (Lipinski definition) is 1. The molecule has 0 aromatic heterocycles. The summed E-state index contributed by atoms with van der Waals surface area (Å²) >= 11 is 0. The van der Waals surface area contributed by atoms with Crippen molar-refractivity contribution in [3.8, 4) is 11.5 Å². The van der Waals surface area contributed by atoms with Crippen molar-refractivity contribution in [2.24, 2.45) is 5.73 Å². The highest BCUT2D eigenvalue weighted by atomic mass is 16.5. The molecule has 0 bridgehead atoms. The molecule has 4 nitrogen and oxygen atoms in total. The highest BCUT2D eigenvalue weighted by Crippen LogP contribution is 2.25. The molecular formula is C11H15NO3. The molecule has 0 aliphatic heterocycles. The van der Waals surface area contributed by atoms with E-state index in [1.807, 2.05) is 0 Å². The van der Waals surface area contributed by atoms with E-state index in [-0.39, 0.29) is 5.78 Å². The van der Waals surface area contributed by atoms with E-state index in [2.05, 4.69) is 0 Å². The fourth-order valence-corrected chi connectivity index (χ4v) is 1.24. The van der Waals surface area contributed by atoms with Crippen molar-refractivity contribution in [3.63, 3.8) is 0 Å². The van der Waals surface area contributed by atoms with E-state index in [0.717, 1.165) is 0 Å². The first kappa shape index (κ1) is 11.5. The van der Waals surface area contributed by atoms with E-state index in [9.17, 15) is 4.79 Å². The normalized spacial score (nSPS) is 12.0. The van der Waals surface area contributed by atoms with Crippen molar-refractivity contribution in [2.75, 3.05) is 14.2 Å². The van der Waals surface area contributed by atoms with Gasteiger partial charge >= 0.3 is 0 Å². The van der Waals surface area contributed by atoms with Crippen LogP contribution >= 0.6 is 0 Å². The lowest BCUT2D eigenvalue weighted by atomic mass is 10.0. The Labute approximate surface area is 89.0 Å². The number of methoxy groups -OCH3 is 2. The Morgan fingerprint density at radius 3 is 2.00 bits per heavy atom. The maximum absolute atomic E-state index is 11.1. The predicted molar refractivity (Wildman–Crippen MR) is 57.2 cm³/mol. The third-order valence-electron chi connectivity index (χ3n) is 2.17. The summed E-state index contributed by atoms with van der Waals surface area (Å²) in [6.45, 7) is 1.45. The first-order valence-electron chi connectivity index (χ1n) is 4.57. The van der Waals surface area contributed by atoms with Gasteiger partial charge in [0.1, 0.15) is 11.5 Å². The lowest BCUT2D eigenvalue weighted by Gasteiger charge is -2.12. The molecule has 82 valence electrons. The zero-order valence-corrected chi connectivity index (χ0v) is 9.11. The van der Waals surface area contributed by atoms with Crippen LogP contribution in [0.5, 0.6) is 11.5 Å². The third-order valence-corrected chi connectivity index (χ3v) is 2.17. The van der Waals surface area contributed by atoms with E-state index in [1.54, 1.807) is 32.4 Å². The maximum atomic E-state index is 11.1. The fourth-order valence-electron chi connectivity index (χ4n) is 1.24. The van der Waals surface area contributed by atoms with Gasteiger partial charge in [0.2, 0.25) is 0 Å². The van der Waals surface area contributed by atoms with Crippen LogP contribution in [0.1, 0.15) is 18.5 Å². The number of ketones is 1. The lowest BCUT2D eigenvalue weighted by molar-refractivity contribution is -0.118. The molecule has 4 heteroatoms. The summed E-state index contributed by atoms with van der Waals surface area (Å²) < 4.78 is 10.2. The number of rotatable bonds is 4. The molecule has 0 spiro atoms. The van der Waals surface area contributed by atoms with Crippen molar-refractivity contribution >= 4 is 5.78 Å². The van der Waals surface area contributed by atoms with Crippen LogP contribution in [-0.2, 0) is 4.79 Å². The number of Topliss-reactive ketones (excluding diaryl/α,β-unsaturated/α-hetero) is 1. The Kier molecular flexibility index (Phi) is 3.68. The second-order valence-electron chi connectivity index (χ2n) is 3.23. The Balaban J connectivity index is 3.11. The Morgan fingerprint density at radius 2 is 1.67 bits per heavy atom. The third kappa shape index (κ3) is 2.70. The van der Waals surface area contributed by atoms with E-state index in [0.29, 0.717) is 17.1 Å². The predicted octanol–water partition coefficient (Wildman–Crippen LogP) is 1.29. The van der Waals surface area contributed by atoms with Gasteiger partial charge in [0, 0.05) is 6.07 Å². The monoisotopic (exact) mass is 209 g/mol. The minimum Gasteiger partial charge on any atom is -0.497 e. The van der Waals surface area contributed by atoms with E-state index in [1.165, 1.54) is 6.92 Å². The summed E-state index contributed by atoms with van der Waals surface area (Å²) in [6, 6.07) is 4.56. The second kappa shape index (κ2) is 4.79. The van der Waals surface area contributed by atoms with Crippen LogP contribution in [0.3, 0.4) is 0 Å². The molecule has 0 heterocycles. The molecular weight excluding hydrogens is 194 g/mol. The van der Waals surface area contributed by atoms with Gasteiger partial charge in [0.05, 0.1) is 20.3 Å². The van der Waals surface area contributed by atoms with Crippen LogP contribution < -0.4 is 15.2 Å². The minimum absolute atomic E-state index is 0.0923. The molecule has 15 heavy (non-hydrogen) atoms. The number of hydrogen-bond acceptors (Lipinski definition) is 4. The van der Waals surface area contributed by atoms with Gasteiger partial charge in [-0.15, -0.1) is 0 Å². The van der Waals surface area contributed by atoms with Gasteiger partial charge in [-0.2, -0.15) is 0 Å². The summed E-state index contributed by atoms with van der Waals surface area (Å²) in [5.41, 5.74) is 6.42. The van der Waals surface area contributed by atoms with E-state index < -0.39 is 6.04 Å². The smallest absolute Gasteiger partial charge is 0.150 e. The average Bonchev–Trinajstić information content (AvgIpc) is 2.27. The molecule has 1 unspecified atom stereocenters. The van der Waals surface area contributed by atoms with Gasteiger partial charge < -0.3 is 15.2 Å². The van der Waals surface area contributed by atoms with Crippen molar-refractivity contribution in [2.45, 2.75) is 13.0 Å². The van der Waals surface area contributed by atoms with Gasteiger partial charge in [-0.1, -0.05) is 0 Å². The van der Waals surface area contributed by atoms with Crippen LogP contribution in [0, 0.1) is 0 Å². The second-order valence-corrected chi connectivity index (χ2v) is 3.23. The molecule has 0 radical (unpaired) electrons. The number of ether oxygens (including phenoxy) is 2. The van der Waals surface area contributed by atoms with Crippen LogP contribution in [-0.4, -0.2) is 20.0 Å². The Hall–Kier alpha value is -1.55. The molecule has 0 amide bonds. The van der Waals surface area contributed by atoms with Crippen LogP contribution in [0.2, 0.25) is 0 Å². The standard InChI is InChI=1S/C11H15NO3/c1-7(13)11(12)8-4-9(14-2)6-10(5-8)15-3/h4-6,11H,12H2,1-3H3. The summed E-state index contributed by atoms with van der Waals surface area (Å²) in [6.07, 6.45) is 0. The molecule has 0 aliphatic carbocycles. The number of benzene rings is 1. The van der Waals surface area contributed by atoms with Crippen molar-refractivity contribution in [1.82, 2.24) is 0 Å². The molecule has 1 atom stereocenters. The maximum Gasteiger partial charge on any atom is 0.150 e. The van der Waals surface area contributed by atoms with E-state index >= 15 is 0 Å². The largest absolute Gasteiger partial charge is 0.497 e. The van der Waals surface area contributed by atoms with Crippen molar-refractivity contribution < 1.29 is 14.3 Å². The van der Waals surface area contributed by atoms with Crippen LogP contribution in [0.4, 0.5) is 0 Å². The van der Waals surface area contributed by atoms with Crippen molar-refractivity contribution in [1.29, 1.82) is 0 Å². The molecule has 1 aromatic rings. The van der Waals surface area contributed by atoms with Gasteiger partial charge in [0.15, 0.2) is 5.78 Å². The molecule has 0 aliphatic rings. The first-order valence-corrected chi connectivity index (χ1v) is 4.57. The highest BCUT2D eigenvalue weighted by molar-refractivity contribution is 5.82. The Bertz CT molecular complexity index is 341. The minimum atomic E-state index is -0.631. The quantitative estimate of drug-likeness (QED) is 0.811. The number of nitrogens with two attached hydrogens (primary N) is 1. The summed E-state index contributed by atoms with van der Waals surface area (Å²) in [4.78, 5) is 11.1. The summed E-state index contributed by atoms with van der Waals surface area (Å²) in [5.74, 6) is 1.16. The Morgan fingerprint density at radius 1 is 1.20 bits per heavy atom. The number of carbonyl (C=O) groups is 1. The van der Waals surface area contributed by atoms with Gasteiger partial charge in [-0.25, -0.2) is 0 Å². The summed E-state index contributed by atoms with van der Waals surface area (Å²) in [7, 11) is 3.11. The summed E-state index contributed by atoms with van der Waals surface area (Å²) in [5, 5.41) is 0. The topological polar surface area (TPSA) is 61.6 Å². The molecule has 2 N–H and O–H groups in total. The van der Waals surface area contributed by atoms with Crippen LogP contribution in [0.15, 0.2) is 18.2 Å². The van der Waals surface area contributed by atoms with Gasteiger partial charge in [-0.3, -0.25) is 4.79 Å². The average molecular weight is 209 g/mol. The highest BCUT2D eigenvalue weighted by Gasteiger charge is 2.13. The SMILES string of the molecule is COc1cc(OC)cc(C(N)C(C)=O)c1. The van der Waals surface area contributed by atoms with Crippen molar-refractivity contribution in [3.05, 3.63) is 23.8 Å². The van der Waals surface area contributed by atoms with E-state index in [4.69, 9.17) is 15.2 Å². The molecule has 1 aromatic carbocycles. The number of carbonyl (C=O) groups excluding carboxylic acids is 1.